The van der Waals surface area contributed by atoms with Gasteiger partial charge in [0, 0.05) is 59.9 Å². The lowest BCUT2D eigenvalue weighted by atomic mass is 10.1. The second kappa shape index (κ2) is 11.7. The fourth-order valence-electron chi connectivity index (χ4n) is 8.97. The molecule has 58 heavy (non-hydrogen) atoms. The van der Waals surface area contributed by atoms with Crippen molar-refractivity contribution >= 4 is 87.5 Å². The number of aromatic nitrogens is 5. The predicted octanol–water partition coefficient (Wildman–Crippen LogP) is 13.2. The van der Waals surface area contributed by atoms with Crippen LogP contribution in [0.25, 0.3) is 122 Å². The lowest BCUT2D eigenvalue weighted by Crippen LogP contribution is -2.06. The highest BCUT2D eigenvalue weighted by atomic mass is 16.3. The fourth-order valence-corrected chi connectivity index (χ4v) is 8.97. The third kappa shape index (κ3) is 4.46. The van der Waals surface area contributed by atoms with Gasteiger partial charge >= 0.3 is 0 Å². The van der Waals surface area contributed by atoms with Gasteiger partial charge in [-0.3, -0.25) is 4.57 Å². The van der Waals surface area contributed by atoms with E-state index in [2.05, 4.69) is 149 Å². The Labute approximate surface area is 329 Å². The predicted molar refractivity (Wildman–Crippen MR) is 234 cm³/mol. The second-order valence-electron chi connectivity index (χ2n) is 14.8. The maximum absolute atomic E-state index is 6.45. The van der Waals surface area contributed by atoms with Gasteiger partial charge in [-0.15, -0.1) is 0 Å². The molecule has 7 heteroatoms. The SMILES string of the molecule is c1ccc2c(c1)oc1cc(-c3nc(-c4ccc5oc6ccc(-n7c8ccccc8c8ccccc87)cc6c5c4)nc(-n4c5ccccc5c5ccccc54)n3)ccc12. The number of fused-ring (bicyclic) bond motifs is 12. The highest BCUT2D eigenvalue weighted by molar-refractivity contribution is 6.12. The Bertz CT molecular complexity index is 3720. The number of furan rings is 2. The minimum atomic E-state index is 0.535. The van der Waals surface area contributed by atoms with E-state index in [9.17, 15) is 0 Å². The molecule has 0 N–H and O–H groups in total. The van der Waals surface area contributed by atoms with Crippen molar-refractivity contribution in [1.82, 2.24) is 24.1 Å². The van der Waals surface area contributed by atoms with Gasteiger partial charge in [-0.25, -0.2) is 4.98 Å². The van der Waals surface area contributed by atoms with Crippen molar-refractivity contribution in [1.29, 1.82) is 0 Å². The van der Waals surface area contributed by atoms with E-state index < -0.39 is 0 Å². The van der Waals surface area contributed by atoms with Gasteiger partial charge in [-0.2, -0.15) is 9.97 Å². The maximum atomic E-state index is 6.45. The highest BCUT2D eigenvalue weighted by Crippen LogP contribution is 2.38. The van der Waals surface area contributed by atoms with Crippen molar-refractivity contribution in [2.24, 2.45) is 0 Å². The van der Waals surface area contributed by atoms with Crippen LogP contribution < -0.4 is 0 Å². The van der Waals surface area contributed by atoms with Gasteiger partial charge in [0.2, 0.25) is 5.95 Å². The van der Waals surface area contributed by atoms with Gasteiger partial charge in [0.15, 0.2) is 11.6 Å². The molecule has 8 aromatic carbocycles. The van der Waals surface area contributed by atoms with Crippen LogP contribution in [-0.2, 0) is 0 Å². The molecular weight excluding hydrogens is 715 g/mol. The van der Waals surface area contributed by atoms with E-state index in [1.165, 1.54) is 10.8 Å². The van der Waals surface area contributed by atoms with Crippen molar-refractivity contribution in [2.45, 2.75) is 0 Å². The van der Waals surface area contributed by atoms with Gasteiger partial charge in [-0.1, -0.05) is 97.1 Å². The molecule has 0 atom stereocenters. The van der Waals surface area contributed by atoms with E-state index in [0.717, 1.165) is 93.5 Å². The van der Waals surface area contributed by atoms with E-state index in [4.69, 9.17) is 23.8 Å². The Balaban J connectivity index is 1.04. The average molecular weight is 744 g/mol. The molecule has 7 nitrogen and oxygen atoms in total. The van der Waals surface area contributed by atoms with E-state index in [1.807, 2.05) is 36.4 Å². The number of hydrogen-bond donors (Lipinski definition) is 0. The van der Waals surface area contributed by atoms with Crippen LogP contribution in [0, 0.1) is 0 Å². The Morgan fingerprint density at radius 3 is 1.40 bits per heavy atom. The van der Waals surface area contributed by atoms with Gasteiger partial charge in [0.05, 0.1) is 22.1 Å². The number of nitrogens with zero attached hydrogens (tertiary/aromatic N) is 5. The summed E-state index contributed by atoms with van der Waals surface area (Å²) in [5, 5.41) is 8.85. The minimum Gasteiger partial charge on any atom is -0.456 e. The Morgan fingerprint density at radius 2 is 0.759 bits per heavy atom. The van der Waals surface area contributed by atoms with Crippen molar-refractivity contribution in [3.8, 4) is 34.4 Å². The molecule has 13 aromatic rings. The van der Waals surface area contributed by atoms with Crippen LogP contribution in [0.5, 0.6) is 0 Å². The largest absolute Gasteiger partial charge is 0.456 e. The minimum absolute atomic E-state index is 0.535. The zero-order valence-corrected chi connectivity index (χ0v) is 30.8. The number of hydrogen-bond acceptors (Lipinski definition) is 5. The topological polar surface area (TPSA) is 74.8 Å². The van der Waals surface area contributed by atoms with Crippen LogP contribution in [0.15, 0.2) is 185 Å². The van der Waals surface area contributed by atoms with Crippen LogP contribution in [0.4, 0.5) is 0 Å². The summed E-state index contributed by atoms with van der Waals surface area (Å²) in [5.41, 5.74) is 10.4. The lowest BCUT2D eigenvalue weighted by molar-refractivity contribution is 0.668. The summed E-state index contributed by atoms with van der Waals surface area (Å²) in [6.07, 6.45) is 0. The van der Waals surface area contributed by atoms with Gasteiger partial charge in [-0.05, 0) is 78.9 Å². The van der Waals surface area contributed by atoms with Crippen LogP contribution in [0.2, 0.25) is 0 Å². The molecule has 0 fully saturated rings. The summed E-state index contributed by atoms with van der Waals surface area (Å²) >= 11 is 0. The summed E-state index contributed by atoms with van der Waals surface area (Å²) in [7, 11) is 0. The lowest BCUT2D eigenvalue weighted by Gasteiger charge is -2.11. The monoisotopic (exact) mass is 743 g/mol. The molecule has 0 spiro atoms. The molecule has 0 saturated carbocycles. The number of benzene rings is 8. The molecule has 5 heterocycles. The molecule has 0 bridgehead atoms. The first-order valence-corrected chi connectivity index (χ1v) is 19.4. The third-order valence-corrected chi connectivity index (χ3v) is 11.6. The molecule has 13 rings (SSSR count). The number of para-hydroxylation sites is 5. The fraction of sp³-hybridized carbons (Fsp3) is 0. The smallest absolute Gasteiger partial charge is 0.238 e. The molecule has 0 unspecified atom stereocenters. The van der Waals surface area contributed by atoms with Gasteiger partial charge in [0.1, 0.15) is 22.3 Å². The second-order valence-corrected chi connectivity index (χ2v) is 14.8. The molecule has 0 saturated heterocycles. The van der Waals surface area contributed by atoms with Crippen molar-refractivity contribution in [2.75, 3.05) is 0 Å². The molecule has 0 radical (unpaired) electrons. The first-order valence-electron chi connectivity index (χ1n) is 19.4. The van der Waals surface area contributed by atoms with E-state index in [0.29, 0.717) is 17.6 Å². The van der Waals surface area contributed by atoms with Gasteiger partial charge in [0.25, 0.3) is 0 Å². The summed E-state index contributed by atoms with van der Waals surface area (Å²) in [6.45, 7) is 0. The van der Waals surface area contributed by atoms with Crippen molar-refractivity contribution < 1.29 is 8.83 Å². The summed E-state index contributed by atoms with van der Waals surface area (Å²) in [4.78, 5) is 15.6. The zero-order chi connectivity index (χ0) is 37.9. The Kier molecular flexibility index (Phi) is 6.32. The molecular formula is C51H29N5O2. The Hall–Kier alpha value is -8.03. The summed E-state index contributed by atoms with van der Waals surface area (Å²) in [6, 6.07) is 60.9. The molecule has 5 aromatic heterocycles. The molecule has 0 aliphatic carbocycles. The first kappa shape index (κ1) is 31.2. The van der Waals surface area contributed by atoms with E-state index >= 15 is 0 Å². The number of rotatable bonds is 4. The quantitative estimate of drug-likeness (QED) is 0.179. The van der Waals surface area contributed by atoms with Crippen molar-refractivity contribution in [3.05, 3.63) is 176 Å². The normalized spacial score (nSPS) is 12.1. The first-order chi connectivity index (χ1) is 28.7. The molecule has 270 valence electrons. The summed E-state index contributed by atoms with van der Waals surface area (Å²) in [5.74, 6) is 1.64. The van der Waals surface area contributed by atoms with E-state index in [1.54, 1.807) is 0 Å². The highest BCUT2D eigenvalue weighted by Gasteiger charge is 2.20. The molecule has 0 aliphatic rings. The maximum Gasteiger partial charge on any atom is 0.238 e. The standard InChI is InChI=1S/C51H29N5O2/c1-6-16-41-33(11-1)34-12-2-7-17-42(34)55(41)32-23-26-47-40(29-32)39-27-30(22-25-46(39)57-47)49-52-50(31-21-24-38-37-15-5-10-20-45(37)58-48(38)28-31)54-51(53-49)56-43-18-8-3-13-35(43)36-14-4-9-19-44(36)56/h1-29H. The van der Waals surface area contributed by atoms with Crippen LogP contribution in [0.1, 0.15) is 0 Å². The zero-order valence-electron chi connectivity index (χ0n) is 30.8. The van der Waals surface area contributed by atoms with E-state index in [-0.39, 0.29) is 0 Å². The van der Waals surface area contributed by atoms with Crippen LogP contribution in [-0.4, -0.2) is 24.1 Å². The Morgan fingerprint density at radius 1 is 0.310 bits per heavy atom. The third-order valence-electron chi connectivity index (χ3n) is 11.6. The van der Waals surface area contributed by atoms with Crippen molar-refractivity contribution in [3.63, 3.8) is 0 Å². The van der Waals surface area contributed by atoms with Crippen LogP contribution >= 0.6 is 0 Å². The molecule has 0 amide bonds. The summed E-state index contributed by atoms with van der Waals surface area (Å²) < 4.78 is 17.3. The molecule has 0 aliphatic heterocycles. The van der Waals surface area contributed by atoms with Crippen LogP contribution in [0.3, 0.4) is 0 Å². The average Bonchev–Trinajstić information content (AvgIpc) is 4.03. The van der Waals surface area contributed by atoms with Gasteiger partial charge < -0.3 is 13.4 Å².